The number of hydrogen-bond donors (Lipinski definition) is 0. The Kier molecular flexibility index (Phi) is 4.46. The van der Waals surface area contributed by atoms with Gasteiger partial charge in [-0.25, -0.2) is 0 Å². The van der Waals surface area contributed by atoms with Crippen molar-refractivity contribution in [3.05, 3.63) is 33.2 Å². The van der Waals surface area contributed by atoms with Gasteiger partial charge in [-0.1, -0.05) is 13.3 Å². The van der Waals surface area contributed by atoms with E-state index >= 15 is 0 Å². The van der Waals surface area contributed by atoms with E-state index in [0.717, 1.165) is 44.5 Å². The van der Waals surface area contributed by atoms with Crippen LogP contribution in [0.15, 0.2) is 10.9 Å². The third-order valence-electron chi connectivity index (χ3n) is 3.61. The number of hydrogen-bond acceptors (Lipinski definition) is 2. The quantitative estimate of drug-likeness (QED) is 0.784. The highest BCUT2D eigenvalue weighted by atomic mass is 35.5. The molecule has 0 amide bonds. The average Bonchev–Trinajstić information content (AvgIpc) is 2.37. The van der Waals surface area contributed by atoms with E-state index in [1.807, 2.05) is 10.6 Å². The molecule has 3 nitrogen and oxygen atoms in total. The van der Waals surface area contributed by atoms with Gasteiger partial charge in [0, 0.05) is 37.3 Å². The summed E-state index contributed by atoms with van der Waals surface area (Å²) in [7, 11) is 2.12. The lowest BCUT2D eigenvalue weighted by atomic mass is 10.0. The van der Waals surface area contributed by atoms with Gasteiger partial charge >= 0.3 is 0 Å². The molecule has 0 atom stereocenters. The maximum atomic E-state index is 12.3. The van der Waals surface area contributed by atoms with E-state index in [1.54, 1.807) is 0 Å². The van der Waals surface area contributed by atoms with Gasteiger partial charge in [0.2, 0.25) is 0 Å². The van der Waals surface area contributed by atoms with Crippen LogP contribution in [0.1, 0.15) is 36.6 Å². The molecule has 0 bridgehead atoms. The van der Waals surface area contributed by atoms with Gasteiger partial charge in [-0.2, -0.15) is 0 Å². The number of alkyl halides is 1. The van der Waals surface area contributed by atoms with Crippen LogP contribution in [-0.2, 0) is 25.4 Å². The Morgan fingerprint density at radius 1 is 1.44 bits per heavy atom. The van der Waals surface area contributed by atoms with Gasteiger partial charge in [-0.05, 0) is 25.1 Å². The van der Waals surface area contributed by atoms with Crippen LogP contribution in [0.5, 0.6) is 0 Å². The van der Waals surface area contributed by atoms with Crippen molar-refractivity contribution in [3.8, 4) is 0 Å². The predicted octanol–water partition coefficient (Wildman–Crippen LogP) is 2.38. The van der Waals surface area contributed by atoms with Crippen LogP contribution in [0.4, 0.5) is 0 Å². The molecular weight excluding hydrogens is 248 g/mol. The molecule has 0 saturated carbocycles. The van der Waals surface area contributed by atoms with E-state index in [9.17, 15) is 4.79 Å². The molecule has 0 radical (unpaired) electrons. The molecule has 2 rings (SSSR count). The Morgan fingerprint density at radius 3 is 2.89 bits per heavy atom. The maximum absolute atomic E-state index is 12.3. The summed E-state index contributed by atoms with van der Waals surface area (Å²) < 4.78 is 1.96. The summed E-state index contributed by atoms with van der Waals surface area (Å²) in [5.41, 5.74) is 3.35. The van der Waals surface area contributed by atoms with Crippen LogP contribution in [0, 0.1) is 0 Å². The van der Waals surface area contributed by atoms with Gasteiger partial charge in [0.05, 0.1) is 5.88 Å². The topological polar surface area (TPSA) is 25.2 Å². The number of nitrogens with zero attached hydrogens (tertiary/aromatic N) is 2. The molecule has 1 aromatic rings. The van der Waals surface area contributed by atoms with Gasteiger partial charge < -0.3 is 9.47 Å². The zero-order valence-corrected chi connectivity index (χ0v) is 12.0. The molecule has 0 N–H and O–H groups in total. The summed E-state index contributed by atoms with van der Waals surface area (Å²) in [6.07, 6.45) is 3.12. The van der Waals surface area contributed by atoms with Gasteiger partial charge in [-0.15, -0.1) is 11.6 Å². The molecule has 0 saturated heterocycles. The third kappa shape index (κ3) is 2.62. The van der Waals surface area contributed by atoms with Crippen LogP contribution in [0.2, 0.25) is 0 Å². The molecule has 0 unspecified atom stereocenters. The van der Waals surface area contributed by atoms with Crippen molar-refractivity contribution >= 4 is 11.6 Å². The Hall–Kier alpha value is -0.800. The second-order valence-electron chi connectivity index (χ2n) is 5.07. The molecule has 1 aliphatic rings. The normalized spacial score (nSPS) is 15.7. The average molecular weight is 269 g/mol. The number of pyridine rings is 1. The predicted molar refractivity (Wildman–Crippen MR) is 75.2 cm³/mol. The van der Waals surface area contributed by atoms with Crippen molar-refractivity contribution in [1.29, 1.82) is 0 Å². The number of unbranched alkanes of at least 4 members (excludes halogenated alkanes) is 1. The van der Waals surface area contributed by atoms with Crippen LogP contribution < -0.4 is 5.56 Å². The van der Waals surface area contributed by atoms with E-state index in [2.05, 4.69) is 18.9 Å². The summed E-state index contributed by atoms with van der Waals surface area (Å²) >= 11 is 5.89. The molecule has 0 fully saturated rings. The smallest absolute Gasteiger partial charge is 0.255 e. The summed E-state index contributed by atoms with van der Waals surface area (Å²) in [6, 6.07) is 2.00. The molecule has 0 aromatic carbocycles. The molecule has 0 spiro atoms. The van der Waals surface area contributed by atoms with E-state index in [-0.39, 0.29) is 5.56 Å². The fraction of sp³-hybridized carbons (Fsp3) is 0.643. The second-order valence-corrected chi connectivity index (χ2v) is 5.34. The number of rotatable bonds is 4. The molecule has 2 heterocycles. The number of fused-ring (bicyclic) bond motifs is 1. The summed E-state index contributed by atoms with van der Waals surface area (Å²) in [5, 5.41) is 0. The first-order valence-corrected chi connectivity index (χ1v) is 7.19. The van der Waals surface area contributed by atoms with Crippen LogP contribution in [0.3, 0.4) is 0 Å². The van der Waals surface area contributed by atoms with E-state index < -0.39 is 0 Å². The van der Waals surface area contributed by atoms with Gasteiger partial charge in [0.15, 0.2) is 0 Å². The first kappa shape index (κ1) is 13.6. The monoisotopic (exact) mass is 268 g/mol. The van der Waals surface area contributed by atoms with Gasteiger partial charge in [0.25, 0.3) is 5.56 Å². The van der Waals surface area contributed by atoms with Crippen molar-refractivity contribution in [2.24, 2.45) is 0 Å². The lowest BCUT2D eigenvalue weighted by Crippen LogP contribution is -2.35. The minimum Gasteiger partial charge on any atom is -0.312 e. The molecular formula is C14H21ClN2O. The van der Waals surface area contributed by atoms with Crippen molar-refractivity contribution in [3.63, 3.8) is 0 Å². The maximum Gasteiger partial charge on any atom is 0.255 e. The van der Waals surface area contributed by atoms with Crippen molar-refractivity contribution in [2.75, 3.05) is 13.6 Å². The molecule has 18 heavy (non-hydrogen) atoms. The summed E-state index contributed by atoms with van der Waals surface area (Å²) in [6.45, 7) is 4.92. The van der Waals surface area contributed by atoms with Crippen LogP contribution in [-0.4, -0.2) is 23.1 Å². The SMILES string of the molecule is CCCCn1c2c(cc(CCl)c1=O)CN(C)CC2. The number of halogens is 1. The van der Waals surface area contributed by atoms with E-state index in [4.69, 9.17) is 11.6 Å². The summed E-state index contributed by atoms with van der Waals surface area (Å²) in [4.78, 5) is 14.6. The zero-order valence-electron chi connectivity index (χ0n) is 11.2. The highest BCUT2D eigenvalue weighted by Crippen LogP contribution is 2.18. The van der Waals surface area contributed by atoms with Crippen molar-refractivity contribution < 1.29 is 0 Å². The van der Waals surface area contributed by atoms with Crippen LogP contribution in [0.25, 0.3) is 0 Å². The Labute approximate surface area is 113 Å². The molecule has 0 aliphatic carbocycles. The Balaban J connectivity index is 2.47. The fourth-order valence-electron chi connectivity index (χ4n) is 2.57. The fourth-order valence-corrected chi connectivity index (χ4v) is 2.76. The molecule has 100 valence electrons. The summed E-state index contributed by atoms with van der Waals surface area (Å²) in [5.74, 6) is 0.307. The lowest BCUT2D eigenvalue weighted by Gasteiger charge is -2.28. The van der Waals surface area contributed by atoms with E-state index in [0.29, 0.717) is 5.88 Å². The minimum absolute atomic E-state index is 0.113. The molecule has 1 aromatic heterocycles. The largest absolute Gasteiger partial charge is 0.312 e. The number of aromatic nitrogens is 1. The van der Waals surface area contributed by atoms with E-state index in [1.165, 1.54) is 11.3 Å². The highest BCUT2D eigenvalue weighted by molar-refractivity contribution is 6.17. The minimum atomic E-state index is 0.113. The van der Waals surface area contributed by atoms with Crippen molar-refractivity contribution in [1.82, 2.24) is 9.47 Å². The second kappa shape index (κ2) is 5.89. The van der Waals surface area contributed by atoms with Gasteiger partial charge in [-0.3, -0.25) is 4.79 Å². The first-order chi connectivity index (χ1) is 8.67. The number of likely N-dealkylation sites (N-methyl/N-ethyl adjacent to an activating group) is 1. The van der Waals surface area contributed by atoms with Crippen LogP contribution >= 0.6 is 11.6 Å². The Bertz CT molecular complexity index is 481. The van der Waals surface area contributed by atoms with Crippen molar-refractivity contribution in [2.45, 2.75) is 45.2 Å². The molecule has 1 aliphatic heterocycles. The Morgan fingerprint density at radius 2 is 2.22 bits per heavy atom. The first-order valence-electron chi connectivity index (χ1n) is 6.66. The molecule has 4 heteroatoms. The third-order valence-corrected chi connectivity index (χ3v) is 3.90. The lowest BCUT2D eigenvalue weighted by molar-refractivity contribution is 0.303. The van der Waals surface area contributed by atoms with Gasteiger partial charge in [0.1, 0.15) is 0 Å². The highest BCUT2D eigenvalue weighted by Gasteiger charge is 2.19. The standard InChI is InChI=1S/C14H21ClN2O/c1-3-4-6-17-13-5-7-16(2)10-12(13)8-11(9-15)14(17)18/h8H,3-7,9-10H2,1-2H3. The zero-order chi connectivity index (χ0) is 13.1.